The number of hydrogen-bond donors (Lipinski definition) is 1. The van der Waals surface area contributed by atoms with Gasteiger partial charge in [0, 0.05) is 11.6 Å². The summed E-state index contributed by atoms with van der Waals surface area (Å²) in [5.41, 5.74) is 7.95. The smallest absolute Gasteiger partial charge is 0.279 e. The van der Waals surface area contributed by atoms with E-state index in [0.717, 1.165) is 11.1 Å². The van der Waals surface area contributed by atoms with Crippen molar-refractivity contribution >= 4 is 29.5 Å². The number of carbonyl (C=O) groups is 1. The number of benzene rings is 2. The molecule has 1 aromatic heterocycles. The molecule has 2 N–H and O–H groups in total. The number of amides is 1. The fourth-order valence-electron chi connectivity index (χ4n) is 3.03. The summed E-state index contributed by atoms with van der Waals surface area (Å²) in [5.74, 6) is 1.60. The number of nitrogens with two attached hydrogens (primary N) is 1. The van der Waals surface area contributed by atoms with Crippen molar-refractivity contribution in [2.24, 2.45) is 10.7 Å². The largest absolute Gasteiger partial charge is 0.495 e. The Labute approximate surface area is 172 Å². The summed E-state index contributed by atoms with van der Waals surface area (Å²) in [5, 5.41) is 0.487. The van der Waals surface area contributed by atoms with Crippen LogP contribution in [0.15, 0.2) is 75.8 Å². The molecule has 1 amide bonds. The van der Waals surface area contributed by atoms with Crippen molar-refractivity contribution in [3.05, 3.63) is 82.7 Å². The van der Waals surface area contributed by atoms with Crippen LogP contribution in [0.2, 0.25) is 5.02 Å². The first kappa shape index (κ1) is 18.8. The molecule has 0 unspecified atom stereocenters. The third kappa shape index (κ3) is 3.88. The zero-order valence-corrected chi connectivity index (χ0v) is 16.4. The van der Waals surface area contributed by atoms with Crippen molar-refractivity contribution in [1.82, 2.24) is 4.90 Å². The molecule has 2 aromatic carbocycles. The van der Waals surface area contributed by atoms with E-state index in [9.17, 15) is 4.79 Å². The number of guanidine groups is 1. The first-order valence-corrected chi connectivity index (χ1v) is 9.28. The first-order chi connectivity index (χ1) is 14.0. The molecule has 0 radical (unpaired) electrons. The summed E-state index contributed by atoms with van der Waals surface area (Å²) in [6, 6.07) is 18.5. The van der Waals surface area contributed by atoms with E-state index < -0.39 is 0 Å². The molecule has 1 aliphatic rings. The van der Waals surface area contributed by atoms with Crippen LogP contribution in [0.4, 0.5) is 0 Å². The highest BCUT2D eigenvalue weighted by atomic mass is 35.5. The number of carbonyl (C=O) groups excluding carboxylic acids is 1. The van der Waals surface area contributed by atoms with Gasteiger partial charge in [0.05, 0.1) is 18.7 Å². The van der Waals surface area contributed by atoms with Gasteiger partial charge in [-0.15, -0.1) is 0 Å². The Morgan fingerprint density at radius 2 is 1.97 bits per heavy atom. The maximum Gasteiger partial charge on any atom is 0.279 e. The van der Waals surface area contributed by atoms with Crippen molar-refractivity contribution in [3.63, 3.8) is 0 Å². The molecule has 6 nitrogen and oxygen atoms in total. The molecule has 1 aliphatic heterocycles. The molecule has 0 saturated heterocycles. The van der Waals surface area contributed by atoms with Crippen molar-refractivity contribution in [2.75, 3.05) is 7.11 Å². The Bertz CT molecular complexity index is 1120. The van der Waals surface area contributed by atoms with Crippen molar-refractivity contribution in [2.45, 2.75) is 6.54 Å². The Hall–Kier alpha value is -3.51. The Kier molecular flexibility index (Phi) is 5.10. The highest BCUT2D eigenvalue weighted by molar-refractivity contribution is 6.32. The second-order valence-corrected chi connectivity index (χ2v) is 6.84. The molecular weight excluding hydrogens is 390 g/mol. The first-order valence-electron chi connectivity index (χ1n) is 8.90. The van der Waals surface area contributed by atoms with Crippen molar-refractivity contribution in [1.29, 1.82) is 0 Å². The maximum absolute atomic E-state index is 12.7. The zero-order valence-electron chi connectivity index (χ0n) is 15.6. The predicted molar refractivity (Wildman–Crippen MR) is 112 cm³/mol. The number of halogens is 1. The Morgan fingerprint density at radius 1 is 1.17 bits per heavy atom. The van der Waals surface area contributed by atoms with Gasteiger partial charge in [-0.3, -0.25) is 9.69 Å². The SMILES string of the molecule is COc1ccc(-c2ccc(C=C3N=C(N)N(Cc4ccccc4)C3=O)o2)cc1Cl. The Balaban J connectivity index is 1.55. The van der Waals surface area contributed by atoms with E-state index >= 15 is 0 Å². The number of aliphatic imine (C=N–C) groups is 1. The molecule has 3 aromatic rings. The summed E-state index contributed by atoms with van der Waals surface area (Å²) >= 11 is 6.18. The fourth-order valence-corrected chi connectivity index (χ4v) is 3.28. The topological polar surface area (TPSA) is 81.1 Å². The van der Waals surface area contributed by atoms with E-state index in [1.165, 1.54) is 4.90 Å². The van der Waals surface area contributed by atoms with Crippen LogP contribution in [-0.2, 0) is 11.3 Å². The lowest BCUT2D eigenvalue weighted by Gasteiger charge is -2.15. The lowest BCUT2D eigenvalue weighted by atomic mass is 10.1. The van der Waals surface area contributed by atoms with Crippen LogP contribution in [0.3, 0.4) is 0 Å². The molecule has 4 rings (SSSR count). The standard InChI is InChI=1S/C22H18ClN3O3/c1-28-20-9-7-15(11-17(20)23)19-10-8-16(29-19)12-18-21(27)26(22(24)25-18)13-14-5-3-2-4-6-14/h2-12H,13H2,1H3,(H2,24,25). The molecule has 0 saturated carbocycles. The van der Waals surface area contributed by atoms with Crippen LogP contribution < -0.4 is 10.5 Å². The minimum atomic E-state index is -0.267. The second kappa shape index (κ2) is 7.85. The van der Waals surface area contributed by atoms with Crippen LogP contribution in [0.25, 0.3) is 17.4 Å². The lowest BCUT2D eigenvalue weighted by Crippen LogP contribution is -2.36. The molecular formula is C22H18ClN3O3. The maximum atomic E-state index is 12.7. The van der Waals surface area contributed by atoms with Gasteiger partial charge in [-0.05, 0) is 35.9 Å². The van der Waals surface area contributed by atoms with E-state index in [4.69, 9.17) is 26.5 Å². The summed E-state index contributed by atoms with van der Waals surface area (Å²) < 4.78 is 11.0. The summed E-state index contributed by atoms with van der Waals surface area (Å²) in [7, 11) is 1.56. The number of nitrogens with zero attached hydrogens (tertiary/aromatic N) is 2. The second-order valence-electron chi connectivity index (χ2n) is 6.43. The number of ether oxygens (including phenoxy) is 1. The number of furan rings is 1. The van der Waals surface area contributed by atoms with Gasteiger partial charge in [0.25, 0.3) is 5.91 Å². The molecule has 0 spiro atoms. The van der Waals surface area contributed by atoms with Gasteiger partial charge in [-0.2, -0.15) is 0 Å². The van der Waals surface area contributed by atoms with Gasteiger partial charge in [-0.1, -0.05) is 41.9 Å². The van der Waals surface area contributed by atoms with Crippen LogP contribution >= 0.6 is 11.6 Å². The third-order valence-corrected chi connectivity index (χ3v) is 4.80. The van der Waals surface area contributed by atoms with Crippen LogP contribution in [0, 0.1) is 0 Å². The molecule has 0 atom stereocenters. The summed E-state index contributed by atoms with van der Waals surface area (Å²) in [6.45, 7) is 0.361. The van der Waals surface area contributed by atoms with Crippen LogP contribution in [0.5, 0.6) is 5.75 Å². The Morgan fingerprint density at radius 3 is 2.69 bits per heavy atom. The van der Waals surface area contributed by atoms with Crippen LogP contribution in [0.1, 0.15) is 11.3 Å². The van der Waals surface area contributed by atoms with E-state index in [1.54, 1.807) is 37.5 Å². The molecule has 2 heterocycles. The minimum absolute atomic E-state index is 0.166. The highest BCUT2D eigenvalue weighted by Gasteiger charge is 2.28. The number of hydrogen-bond acceptors (Lipinski definition) is 5. The minimum Gasteiger partial charge on any atom is -0.495 e. The number of methoxy groups -OCH3 is 1. The van der Waals surface area contributed by atoms with Gasteiger partial charge in [0.1, 0.15) is 23.0 Å². The highest BCUT2D eigenvalue weighted by Crippen LogP contribution is 2.31. The van der Waals surface area contributed by atoms with E-state index in [0.29, 0.717) is 28.8 Å². The van der Waals surface area contributed by atoms with E-state index in [-0.39, 0.29) is 17.6 Å². The van der Waals surface area contributed by atoms with Gasteiger partial charge < -0.3 is 14.9 Å². The molecule has 0 aliphatic carbocycles. The van der Waals surface area contributed by atoms with Gasteiger partial charge in [0.2, 0.25) is 5.96 Å². The quantitative estimate of drug-likeness (QED) is 0.639. The molecule has 7 heteroatoms. The monoisotopic (exact) mass is 407 g/mol. The van der Waals surface area contributed by atoms with Gasteiger partial charge in [0.15, 0.2) is 0 Å². The fraction of sp³-hybridized carbons (Fsp3) is 0.0909. The van der Waals surface area contributed by atoms with Gasteiger partial charge in [-0.25, -0.2) is 4.99 Å². The van der Waals surface area contributed by atoms with Crippen LogP contribution in [-0.4, -0.2) is 23.9 Å². The predicted octanol–water partition coefficient (Wildman–Crippen LogP) is 4.31. The average Bonchev–Trinajstić information content (AvgIpc) is 3.29. The van der Waals surface area contributed by atoms with Crippen molar-refractivity contribution in [3.8, 4) is 17.1 Å². The van der Waals surface area contributed by atoms with Gasteiger partial charge >= 0.3 is 0 Å². The normalized spacial score (nSPS) is 15.1. The van der Waals surface area contributed by atoms with Crippen molar-refractivity contribution < 1.29 is 13.9 Å². The molecule has 29 heavy (non-hydrogen) atoms. The molecule has 146 valence electrons. The van der Waals surface area contributed by atoms with E-state index in [2.05, 4.69) is 4.99 Å². The lowest BCUT2D eigenvalue weighted by molar-refractivity contribution is -0.123. The zero-order chi connectivity index (χ0) is 20.4. The third-order valence-electron chi connectivity index (χ3n) is 4.50. The average molecular weight is 408 g/mol. The molecule has 0 bridgehead atoms. The number of rotatable bonds is 5. The molecule has 0 fully saturated rings. The summed E-state index contributed by atoms with van der Waals surface area (Å²) in [6.07, 6.45) is 1.58. The van der Waals surface area contributed by atoms with E-state index in [1.807, 2.05) is 36.4 Å². The summed E-state index contributed by atoms with van der Waals surface area (Å²) in [4.78, 5) is 18.3.